The van der Waals surface area contributed by atoms with Crippen LogP contribution in [0.5, 0.6) is 17.2 Å². The summed E-state index contributed by atoms with van der Waals surface area (Å²) in [6.45, 7) is 0. The van der Waals surface area contributed by atoms with E-state index in [9.17, 15) is 5.11 Å². The van der Waals surface area contributed by atoms with Gasteiger partial charge in [0, 0.05) is 23.4 Å². The Morgan fingerprint density at radius 1 is 0.844 bits per heavy atom. The first-order valence-corrected chi connectivity index (χ1v) is 10.5. The van der Waals surface area contributed by atoms with Gasteiger partial charge in [-0.05, 0) is 41.3 Å². The molecule has 5 nitrogen and oxygen atoms in total. The molecule has 4 aromatic rings. The number of hydrogen-bond acceptors (Lipinski definition) is 5. The molecular weight excluding hydrogens is 400 g/mol. The van der Waals surface area contributed by atoms with Crippen LogP contribution in [0.1, 0.15) is 23.6 Å². The molecule has 0 amide bonds. The Balaban J connectivity index is 1.60. The van der Waals surface area contributed by atoms with Gasteiger partial charge >= 0.3 is 0 Å². The van der Waals surface area contributed by atoms with Crippen molar-refractivity contribution in [2.24, 2.45) is 5.10 Å². The Labute approximate surface area is 187 Å². The molecular formula is C27H24N2O3. The smallest absolute Gasteiger partial charge is 0.132 e. The number of phenols is 1. The number of rotatable bonds is 5. The van der Waals surface area contributed by atoms with Crippen molar-refractivity contribution < 1.29 is 14.6 Å². The zero-order chi connectivity index (χ0) is 22.1. The van der Waals surface area contributed by atoms with E-state index in [4.69, 9.17) is 14.6 Å². The summed E-state index contributed by atoms with van der Waals surface area (Å²) in [6.07, 6.45) is 0.662. The number of aromatic hydroxyl groups is 1. The summed E-state index contributed by atoms with van der Waals surface area (Å²) < 4.78 is 10.8. The standard InChI is InChI=1S/C27H24N2O3/c1-31-21-13-10-19(11-14-21)26-17-25(28-29(26)20-7-5-8-22(16-20)32-2)24-15-12-18-6-3-4-9-23(18)27(24)30/h3-16,26,30H,17H2,1-2H3. The maximum Gasteiger partial charge on any atom is 0.132 e. The van der Waals surface area contributed by atoms with E-state index in [1.807, 2.05) is 77.8 Å². The Morgan fingerprint density at radius 3 is 2.41 bits per heavy atom. The van der Waals surface area contributed by atoms with Crippen LogP contribution in [0.4, 0.5) is 5.69 Å². The van der Waals surface area contributed by atoms with Gasteiger partial charge in [-0.2, -0.15) is 5.10 Å². The first-order chi connectivity index (χ1) is 15.7. The van der Waals surface area contributed by atoms with E-state index in [2.05, 4.69) is 12.1 Å². The maximum absolute atomic E-state index is 11.0. The summed E-state index contributed by atoms with van der Waals surface area (Å²) in [4.78, 5) is 0. The average Bonchev–Trinajstić information content (AvgIpc) is 3.30. The van der Waals surface area contributed by atoms with Crippen molar-refractivity contribution in [2.75, 3.05) is 19.2 Å². The number of nitrogens with zero attached hydrogens (tertiary/aromatic N) is 2. The number of methoxy groups -OCH3 is 2. The van der Waals surface area contributed by atoms with Crippen LogP contribution in [0.25, 0.3) is 10.8 Å². The first kappa shape index (κ1) is 19.9. The number of hydrogen-bond donors (Lipinski definition) is 1. The molecule has 0 saturated heterocycles. The van der Waals surface area contributed by atoms with Crippen LogP contribution in [-0.4, -0.2) is 25.0 Å². The number of ether oxygens (including phenoxy) is 2. The van der Waals surface area contributed by atoms with Crippen molar-refractivity contribution in [3.8, 4) is 17.2 Å². The lowest BCUT2D eigenvalue weighted by molar-refractivity contribution is 0.414. The molecule has 0 radical (unpaired) electrons. The molecule has 5 rings (SSSR count). The van der Waals surface area contributed by atoms with E-state index in [1.165, 1.54) is 0 Å². The minimum Gasteiger partial charge on any atom is -0.507 e. The fourth-order valence-corrected chi connectivity index (χ4v) is 4.24. The third kappa shape index (κ3) is 3.52. The van der Waals surface area contributed by atoms with Crippen molar-refractivity contribution in [3.63, 3.8) is 0 Å². The molecule has 1 aliphatic rings. The van der Waals surface area contributed by atoms with Gasteiger partial charge < -0.3 is 14.6 Å². The lowest BCUT2D eigenvalue weighted by Gasteiger charge is -2.24. The van der Waals surface area contributed by atoms with Crippen LogP contribution in [0.2, 0.25) is 0 Å². The van der Waals surface area contributed by atoms with E-state index < -0.39 is 0 Å². The third-order valence-corrected chi connectivity index (χ3v) is 5.94. The molecule has 0 fully saturated rings. The Bertz CT molecular complexity index is 1300. The topological polar surface area (TPSA) is 54.3 Å². The zero-order valence-corrected chi connectivity index (χ0v) is 18.0. The van der Waals surface area contributed by atoms with E-state index >= 15 is 0 Å². The minimum atomic E-state index is -0.0196. The largest absolute Gasteiger partial charge is 0.507 e. The Hall–Kier alpha value is -3.99. The molecule has 0 aromatic heterocycles. The van der Waals surface area contributed by atoms with E-state index in [0.29, 0.717) is 6.42 Å². The van der Waals surface area contributed by atoms with Crippen molar-refractivity contribution >= 4 is 22.2 Å². The van der Waals surface area contributed by atoms with Gasteiger partial charge in [-0.3, -0.25) is 5.01 Å². The van der Waals surface area contributed by atoms with Crippen LogP contribution in [0, 0.1) is 0 Å². The Kier molecular flexibility index (Phi) is 5.15. The number of anilines is 1. The molecule has 1 atom stereocenters. The van der Waals surface area contributed by atoms with Crippen molar-refractivity contribution in [1.29, 1.82) is 0 Å². The molecule has 32 heavy (non-hydrogen) atoms. The molecule has 1 heterocycles. The normalized spacial score (nSPS) is 15.6. The molecule has 160 valence electrons. The molecule has 4 aromatic carbocycles. The third-order valence-electron chi connectivity index (χ3n) is 5.94. The van der Waals surface area contributed by atoms with Crippen LogP contribution >= 0.6 is 0 Å². The predicted molar refractivity (Wildman–Crippen MR) is 128 cm³/mol. The minimum absolute atomic E-state index is 0.0196. The van der Waals surface area contributed by atoms with Gasteiger partial charge in [-0.1, -0.05) is 48.5 Å². The van der Waals surface area contributed by atoms with Gasteiger partial charge in [-0.25, -0.2) is 0 Å². The predicted octanol–water partition coefficient (Wildman–Crippen LogP) is 5.92. The number of benzene rings is 4. The molecule has 1 unspecified atom stereocenters. The lowest BCUT2D eigenvalue weighted by Crippen LogP contribution is -2.18. The van der Waals surface area contributed by atoms with Crippen molar-refractivity contribution in [1.82, 2.24) is 0 Å². The molecule has 1 N–H and O–H groups in total. The highest BCUT2D eigenvalue weighted by molar-refractivity contribution is 6.09. The van der Waals surface area contributed by atoms with Crippen molar-refractivity contribution in [3.05, 3.63) is 96.1 Å². The molecule has 0 bridgehead atoms. The second kappa shape index (κ2) is 8.27. The highest BCUT2D eigenvalue weighted by Gasteiger charge is 2.31. The maximum atomic E-state index is 11.0. The van der Waals surface area contributed by atoms with Crippen LogP contribution in [0.3, 0.4) is 0 Å². The summed E-state index contributed by atoms with van der Waals surface area (Å²) in [5.74, 6) is 1.85. The van der Waals surface area contributed by atoms with Gasteiger partial charge in [-0.15, -0.1) is 0 Å². The van der Waals surface area contributed by atoms with Gasteiger partial charge in [0.2, 0.25) is 0 Å². The summed E-state index contributed by atoms with van der Waals surface area (Å²) in [5.41, 5.74) is 3.65. The average molecular weight is 425 g/mol. The number of phenolic OH excluding ortho intramolecular Hbond substituents is 1. The highest BCUT2D eigenvalue weighted by atomic mass is 16.5. The molecule has 1 aliphatic heterocycles. The molecule has 5 heteroatoms. The van der Waals surface area contributed by atoms with Gasteiger partial charge in [0.05, 0.1) is 31.7 Å². The zero-order valence-electron chi connectivity index (χ0n) is 18.0. The van der Waals surface area contributed by atoms with Crippen LogP contribution in [0.15, 0.2) is 90.0 Å². The van der Waals surface area contributed by atoms with E-state index in [0.717, 1.165) is 44.8 Å². The quantitative estimate of drug-likeness (QED) is 0.432. The van der Waals surface area contributed by atoms with Crippen LogP contribution in [-0.2, 0) is 0 Å². The van der Waals surface area contributed by atoms with Gasteiger partial charge in [0.1, 0.15) is 17.2 Å². The van der Waals surface area contributed by atoms with Crippen LogP contribution < -0.4 is 14.5 Å². The fourth-order valence-electron chi connectivity index (χ4n) is 4.24. The SMILES string of the molecule is COc1ccc(C2CC(c3ccc4ccccc4c3O)=NN2c2cccc(OC)c2)cc1. The summed E-state index contributed by atoms with van der Waals surface area (Å²) in [5, 5.41) is 19.9. The summed E-state index contributed by atoms with van der Waals surface area (Å²) in [7, 11) is 3.32. The fraction of sp³-hybridized carbons (Fsp3) is 0.148. The van der Waals surface area contributed by atoms with Crippen molar-refractivity contribution in [2.45, 2.75) is 12.5 Å². The first-order valence-electron chi connectivity index (χ1n) is 10.5. The van der Waals surface area contributed by atoms with Gasteiger partial charge in [0.15, 0.2) is 0 Å². The number of hydrazone groups is 1. The summed E-state index contributed by atoms with van der Waals surface area (Å²) >= 11 is 0. The Morgan fingerprint density at radius 2 is 1.62 bits per heavy atom. The highest BCUT2D eigenvalue weighted by Crippen LogP contribution is 2.40. The lowest BCUT2D eigenvalue weighted by atomic mass is 9.96. The molecule has 0 saturated carbocycles. The molecule has 0 aliphatic carbocycles. The molecule has 0 spiro atoms. The second-order valence-corrected chi connectivity index (χ2v) is 7.77. The van der Waals surface area contributed by atoms with Gasteiger partial charge in [0.25, 0.3) is 0 Å². The number of fused-ring (bicyclic) bond motifs is 1. The van der Waals surface area contributed by atoms with E-state index in [1.54, 1.807) is 14.2 Å². The monoisotopic (exact) mass is 424 g/mol. The van der Waals surface area contributed by atoms with E-state index in [-0.39, 0.29) is 11.8 Å². The summed E-state index contributed by atoms with van der Waals surface area (Å²) in [6, 6.07) is 27.7. The second-order valence-electron chi connectivity index (χ2n) is 7.77.